The van der Waals surface area contributed by atoms with Gasteiger partial charge in [0.15, 0.2) is 0 Å². The number of likely N-dealkylation sites (tertiary alicyclic amines) is 2. The average molecular weight is 380 g/mol. The zero-order valence-corrected chi connectivity index (χ0v) is 16.3. The Bertz CT molecular complexity index is 588. The molecule has 2 fully saturated rings. The monoisotopic (exact) mass is 379 g/mol. The second-order valence-electron chi connectivity index (χ2n) is 7.28. The van der Waals surface area contributed by atoms with Crippen LogP contribution in [0.4, 0.5) is 0 Å². The molecular formula is C20H30ClN3O2. The Morgan fingerprint density at radius 1 is 1.04 bits per heavy atom. The van der Waals surface area contributed by atoms with Crippen molar-refractivity contribution in [2.75, 3.05) is 39.8 Å². The van der Waals surface area contributed by atoms with Crippen LogP contribution in [0.3, 0.4) is 0 Å². The number of amides is 2. The van der Waals surface area contributed by atoms with Crippen molar-refractivity contribution in [1.29, 1.82) is 0 Å². The molecule has 2 saturated heterocycles. The first kappa shape index (κ1) is 20.7. The Hall–Kier alpha value is -1.59. The van der Waals surface area contributed by atoms with E-state index in [1.807, 2.05) is 47.2 Å². The summed E-state index contributed by atoms with van der Waals surface area (Å²) in [5.41, 5.74) is 0.712. The summed E-state index contributed by atoms with van der Waals surface area (Å²) in [4.78, 5) is 29.4. The first-order valence-corrected chi connectivity index (χ1v) is 9.46. The molecule has 1 N–H and O–H groups in total. The minimum atomic E-state index is -0.0396. The molecule has 3 rings (SSSR count). The molecule has 144 valence electrons. The lowest BCUT2D eigenvalue weighted by Gasteiger charge is -2.38. The van der Waals surface area contributed by atoms with E-state index >= 15 is 0 Å². The van der Waals surface area contributed by atoms with E-state index in [2.05, 4.69) is 5.32 Å². The van der Waals surface area contributed by atoms with E-state index in [-0.39, 0.29) is 30.1 Å². The molecule has 0 saturated carbocycles. The topological polar surface area (TPSA) is 52.7 Å². The van der Waals surface area contributed by atoms with Crippen LogP contribution in [0.2, 0.25) is 0 Å². The van der Waals surface area contributed by atoms with Crippen LogP contribution in [0.1, 0.15) is 36.0 Å². The summed E-state index contributed by atoms with van der Waals surface area (Å²) in [6.45, 7) is 4.05. The number of nitrogens with zero attached hydrogens (tertiary/aromatic N) is 2. The molecular weight excluding hydrogens is 350 g/mol. The molecule has 1 aromatic rings. The third kappa shape index (κ3) is 4.98. The highest BCUT2D eigenvalue weighted by molar-refractivity contribution is 5.94. The summed E-state index contributed by atoms with van der Waals surface area (Å²) in [5.74, 6) is 0.929. The van der Waals surface area contributed by atoms with E-state index in [9.17, 15) is 9.59 Å². The minimum Gasteiger partial charge on any atom is -0.342 e. The van der Waals surface area contributed by atoms with E-state index in [1.54, 1.807) is 0 Å². The van der Waals surface area contributed by atoms with Crippen molar-refractivity contribution >= 4 is 24.2 Å². The lowest BCUT2D eigenvalue weighted by Crippen LogP contribution is -2.49. The van der Waals surface area contributed by atoms with Gasteiger partial charge in [-0.25, -0.2) is 0 Å². The summed E-state index contributed by atoms with van der Waals surface area (Å²) in [6.07, 6.45) is 3.96. The molecule has 0 aliphatic carbocycles. The Morgan fingerprint density at radius 3 is 2.38 bits per heavy atom. The predicted molar refractivity (Wildman–Crippen MR) is 106 cm³/mol. The van der Waals surface area contributed by atoms with Gasteiger partial charge in [0.1, 0.15) is 0 Å². The van der Waals surface area contributed by atoms with Crippen LogP contribution in [-0.2, 0) is 4.79 Å². The third-order valence-corrected chi connectivity index (χ3v) is 5.50. The highest BCUT2D eigenvalue weighted by Crippen LogP contribution is 2.24. The third-order valence-electron chi connectivity index (χ3n) is 5.50. The Labute approximate surface area is 162 Å². The maximum Gasteiger partial charge on any atom is 0.253 e. The van der Waals surface area contributed by atoms with Gasteiger partial charge in [-0.05, 0) is 57.3 Å². The lowest BCUT2D eigenvalue weighted by atomic mass is 9.92. The van der Waals surface area contributed by atoms with Crippen molar-refractivity contribution in [2.45, 2.75) is 25.7 Å². The number of hydrogen-bond acceptors (Lipinski definition) is 3. The van der Waals surface area contributed by atoms with Gasteiger partial charge in [0, 0.05) is 31.7 Å². The maximum absolute atomic E-state index is 12.9. The number of hydrogen-bond donors (Lipinski definition) is 1. The van der Waals surface area contributed by atoms with E-state index in [0.717, 1.165) is 51.9 Å². The molecule has 0 bridgehead atoms. The van der Waals surface area contributed by atoms with Crippen molar-refractivity contribution in [3.63, 3.8) is 0 Å². The van der Waals surface area contributed by atoms with Crippen LogP contribution in [0.25, 0.3) is 0 Å². The van der Waals surface area contributed by atoms with Crippen LogP contribution in [0, 0.1) is 11.8 Å². The first-order valence-electron chi connectivity index (χ1n) is 9.46. The number of carbonyl (C=O) groups is 2. The van der Waals surface area contributed by atoms with Crippen LogP contribution < -0.4 is 5.32 Å². The van der Waals surface area contributed by atoms with Crippen molar-refractivity contribution in [1.82, 2.24) is 15.1 Å². The van der Waals surface area contributed by atoms with Gasteiger partial charge in [-0.2, -0.15) is 0 Å². The molecule has 2 heterocycles. The molecule has 2 amide bonds. The number of carbonyl (C=O) groups excluding carboxylic acids is 2. The molecule has 26 heavy (non-hydrogen) atoms. The number of rotatable bonds is 4. The number of piperidine rings is 2. The standard InChI is InChI=1S/C20H29N3O2.ClH/c1-21-14-16-9-12-22(13-10-16)20(25)18-8-5-11-23(15-18)19(24)17-6-3-2-4-7-17;/h2-4,6-7,16,18,21H,5,8-15H2,1H3;1H. The second kappa shape index (κ2) is 9.93. The van der Waals surface area contributed by atoms with E-state index in [0.29, 0.717) is 18.0 Å². The number of nitrogens with one attached hydrogen (secondary N) is 1. The van der Waals surface area contributed by atoms with Gasteiger partial charge in [0.05, 0.1) is 5.92 Å². The zero-order valence-electron chi connectivity index (χ0n) is 15.5. The van der Waals surface area contributed by atoms with Crippen molar-refractivity contribution in [3.05, 3.63) is 35.9 Å². The molecule has 2 aliphatic rings. The van der Waals surface area contributed by atoms with E-state index < -0.39 is 0 Å². The van der Waals surface area contributed by atoms with Gasteiger partial charge in [-0.15, -0.1) is 12.4 Å². The Balaban J connectivity index is 0.00000243. The summed E-state index contributed by atoms with van der Waals surface area (Å²) >= 11 is 0. The van der Waals surface area contributed by atoms with Crippen molar-refractivity contribution < 1.29 is 9.59 Å². The smallest absolute Gasteiger partial charge is 0.253 e. The summed E-state index contributed by atoms with van der Waals surface area (Å²) < 4.78 is 0. The average Bonchev–Trinajstić information content (AvgIpc) is 2.68. The van der Waals surface area contributed by atoms with Crippen molar-refractivity contribution in [2.24, 2.45) is 11.8 Å². The second-order valence-corrected chi connectivity index (χ2v) is 7.28. The van der Waals surface area contributed by atoms with Gasteiger partial charge < -0.3 is 15.1 Å². The molecule has 1 unspecified atom stereocenters. The molecule has 2 aliphatic heterocycles. The first-order chi connectivity index (χ1) is 12.2. The molecule has 1 aromatic carbocycles. The van der Waals surface area contributed by atoms with Crippen LogP contribution in [0.15, 0.2) is 30.3 Å². The minimum absolute atomic E-state index is 0. The summed E-state index contributed by atoms with van der Waals surface area (Å²) in [5, 5.41) is 3.23. The number of halogens is 1. The Kier molecular flexibility index (Phi) is 7.91. The van der Waals surface area contributed by atoms with Gasteiger partial charge in [0.25, 0.3) is 5.91 Å². The molecule has 0 aromatic heterocycles. The fourth-order valence-corrected chi connectivity index (χ4v) is 4.03. The fraction of sp³-hybridized carbons (Fsp3) is 0.600. The van der Waals surface area contributed by atoms with E-state index in [1.165, 1.54) is 0 Å². The van der Waals surface area contributed by atoms with Gasteiger partial charge in [-0.1, -0.05) is 18.2 Å². The highest BCUT2D eigenvalue weighted by atomic mass is 35.5. The molecule has 0 spiro atoms. The summed E-state index contributed by atoms with van der Waals surface area (Å²) in [6, 6.07) is 9.38. The summed E-state index contributed by atoms with van der Waals surface area (Å²) in [7, 11) is 1.98. The SMILES string of the molecule is CNCC1CCN(C(=O)C2CCCN(C(=O)c3ccccc3)C2)CC1.Cl. The van der Waals surface area contributed by atoms with Crippen LogP contribution in [-0.4, -0.2) is 61.4 Å². The van der Waals surface area contributed by atoms with Gasteiger partial charge in [0.2, 0.25) is 5.91 Å². The van der Waals surface area contributed by atoms with Crippen LogP contribution >= 0.6 is 12.4 Å². The highest BCUT2D eigenvalue weighted by Gasteiger charge is 2.33. The lowest BCUT2D eigenvalue weighted by molar-refractivity contribution is -0.138. The van der Waals surface area contributed by atoms with E-state index in [4.69, 9.17) is 0 Å². The molecule has 1 atom stereocenters. The predicted octanol–water partition coefficient (Wildman–Crippen LogP) is 2.42. The molecule has 5 nitrogen and oxygen atoms in total. The largest absolute Gasteiger partial charge is 0.342 e. The van der Waals surface area contributed by atoms with Crippen molar-refractivity contribution in [3.8, 4) is 0 Å². The van der Waals surface area contributed by atoms with Gasteiger partial charge >= 0.3 is 0 Å². The Morgan fingerprint density at radius 2 is 1.73 bits per heavy atom. The quantitative estimate of drug-likeness (QED) is 0.874. The zero-order chi connectivity index (χ0) is 17.6. The van der Waals surface area contributed by atoms with Gasteiger partial charge in [-0.3, -0.25) is 9.59 Å². The molecule has 6 heteroatoms. The normalized spacial score (nSPS) is 21.2. The fourth-order valence-electron chi connectivity index (χ4n) is 4.03. The van der Waals surface area contributed by atoms with Crippen LogP contribution in [0.5, 0.6) is 0 Å². The maximum atomic E-state index is 12.9. The number of benzene rings is 1. The molecule has 0 radical (unpaired) electrons.